The number of halogens is 2. The van der Waals surface area contributed by atoms with E-state index in [0.29, 0.717) is 16.3 Å². The van der Waals surface area contributed by atoms with E-state index in [2.05, 4.69) is 5.32 Å². The van der Waals surface area contributed by atoms with Crippen LogP contribution in [0.1, 0.15) is 24.2 Å². The Morgan fingerprint density at radius 3 is 2.36 bits per heavy atom. The van der Waals surface area contributed by atoms with Crippen molar-refractivity contribution in [1.82, 2.24) is 5.32 Å². The minimum absolute atomic E-state index is 0.276. The maximum absolute atomic E-state index is 12.9. The average Bonchev–Trinajstić information content (AvgIpc) is 2.61. The molecule has 1 amide bonds. The summed E-state index contributed by atoms with van der Waals surface area (Å²) < 4.78 is 5.50. The van der Waals surface area contributed by atoms with E-state index in [0.717, 1.165) is 5.57 Å². The van der Waals surface area contributed by atoms with Crippen molar-refractivity contribution in [2.75, 3.05) is 0 Å². The van der Waals surface area contributed by atoms with Crippen LogP contribution in [0, 0.1) is 5.92 Å². The largest absolute Gasteiger partial charge is 0.426 e. The number of carbonyl (C=O) groups is 2. The molecule has 2 aromatic rings. The quantitative estimate of drug-likeness (QED) is 0.325. The van der Waals surface area contributed by atoms with Gasteiger partial charge in [0.2, 0.25) is 0 Å². The molecule has 0 saturated carbocycles. The van der Waals surface area contributed by atoms with Crippen LogP contribution in [-0.4, -0.2) is 16.9 Å². The number of allylic oxidation sites excluding steroid dienone is 2. The number of benzene rings is 2. The maximum Gasteiger partial charge on any atom is 0.322 e. The average molecular weight is 416 g/mol. The molecule has 2 atom stereocenters. The van der Waals surface area contributed by atoms with Gasteiger partial charge in [0.05, 0.1) is 10.6 Å². The normalized spacial score (nSPS) is 21.4. The van der Waals surface area contributed by atoms with Crippen molar-refractivity contribution in [2.24, 2.45) is 5.92 Å². The lowest BCUT2D eigenvalue weighted by atomic mass is 9.84. The van der Waals surface area contributed by atoms with Gasteiger partial charge in [-0.2, -0.15) is 0 Å². The summed E-state index contributed by atoms with van der Waals surface area (Å²) in [5.74, 6) is -1.53. The molecule has 1 N–H and O–H groups in total. The number of rotatable bonds is 4. The first-order valence-electron chi connectivity index (χ1n) is 8.70. The van der Waals surface area contributed by atoms with Gasteiger partial charge in [-0.1, -0.05) is 70.8 Å². The van der Waals surface area contributed by atoms with Crippen molar-refractivity contribution in [2.45, 2.75) is 18.8 Å². The highest BCUT2D eigenvalue weighted by Gasteiger charge is 2.45. The third-order valence-electron chi connectivity index (χ3n) is 4.39. The topological polar surface area (TPSA) is 55.4 Å². The molecule has 0 bridgehead atoms. The number of hydrogen-bond donors (Lipinski definition) is 1. The number of esters is 1. The Bertz CT molecular complexity index is 969. The van der Waals surface area contributed by atoms with Gasteiger partial charge < -0.3 is 10.1 Å². The van der Waals surface area contributed by atoms with Gasteiger partial charge in [0.15, 0.2) is 5.00 Å². The fraction of sp³-hybridized carbons (Fsp3) is 0.182. The molecule has 1 aliphatic rings. The fourth-order valence-electron chi connectivity index (χ4n) is 3.25. The van der Waals surface area contributed by atoms with E-state index in [-0.39, 0.29) is 5.56 Å². The number of carbonyl (C=O) groups excluding carboxylic acids is 2. The van der Waals surface area contributed by atoms with E-state index in [1.54, 1.807) is 61.5 Å². The molecule has 28 heavy (non-hydrogen) atoms. The van der Waals surface area contributed by atoms with Crippen LogP contribution in [0.3, 0.4) is 0 Å². The molecule has 0 aromatic heterocycles. The van der Waals surface area contributed by atoms with E-state index >= 15 is 0 Å². The van der Waals surface area contributed by atoms with Crippen LogP contribution in [0.4, 0.5) is 0 Å². The van der Waals surface area contributed by atoms with E-state index in [9.17, 15) is 9.59 Å². The zero-order chi connectivity index (χ0) is 20.3. The Hall–Kier alpha value is -2.56. The zero-order valence-corrected chi connectivity index (χ0v) is 16.9. The monoisotopic (exact) mass is 415 g/mol. The molecule has 2 aromatic carbocycles. The van der Waals surface area contributed by atoms with Crippen LogP contribution >= 0.6 is 23.2 Å². The SMILES string of the molecule is CC1=CC(Cl)(NC(=O)c2ccccc2Cl)C(C(=O)Oc2ccccc2)C(C)=C1. The number of alkyl halides is 1. The lowest BCUT2D eigenvalue weighted by molar-refractivity contribution is -0.138. The lowest BCUT2D eigenvalue weighted by Gasteiger charge is -2.36. The number of para-hydroxylation sites is 1. The highest BCUT2D eigenvalue weighted by molar-refractivity contribution is 6.34. The second kappa shape index (κ2) is 8.21. The molecule has 2 unspecified atom stereocenters. The summed E-state index contributed by atoms with van der Waals surface area (Å²) in [6.07, 6.45) is 3.49. The molecule has 144 valence electrons. The summed E-state index contributed by atoms with van der Waals surface area (Å²) in [6, 6.07) is 15.4. The van der Waals surface area contributed by atoms with Crippen LogP contribution in [-0.2, 0) is 4.79 Å². The molecular formula is C22H19Cl2NO3. The molecule has 3 rings (SSSR count). The molecule has 0 radical (unpaired) electrons. The van der Waals surface area contributed by atoms with E-state index in [1.807, 2.05) is 19.1 Å². The lowest BCUT2D eigenvalue weighted by Crippen LogP contribution is -2.53. The third-order valence-corrected chi connectivity index (χ3v) is 5.14. The van der Waals surface area contributed by atoms with Crippen molar-refractivity contribution < 1.29 is 14.3 Å². The molecule has 0 saturated heterocycles. The first kappa shape index (κ1) is 20.2. The number of ether oxygens (including phenoxy) is 1. The van der Waals surface area contributed by atoms with Crippen LogP contribution < -0.4 is 10.1 Å². The Kier molecular flexibility index (Phi) is 5.92. The predicted octanol–water partition coefficient (Wildman–Crippen LogP) is 5.13. The van der Waals surface area contributed by atoms with Crippen LogP contribution in [0.5, 0.6) is 5.75 Å². The second-order valence-electron chi connectivity index (χ2n) is 6.65. The van der Waals surface area contributed by atoms with E-state index < -0.39 is 22.8 Å². The number of amides is 1. The Morgan fingerprint density at radius 2 is 1.68 bits per heavy atom. The maximum atomic E-state index is 12.9. The molecule has 6 heteroatoms. The van der Waals surface area contributed by atoms with Gasteiger partial charge >= 0.3 is 5.97 Å². The molecule has 0 aliphatic heterocycles. The Labute approximate surface area is 173 Å². The predicted molar refractivity (Wildman–Crippen MR) is 111 cm³/mol. The summed E-state index contributed by atoms with van der Waals surface area (Å²) in [5, 5.41) is 3.05. The fourth-order valence-corrected chi connectivity index (χ4v) is 3.99. The van der Waals surface area contributed by atoms with Crippen molar-refractivity contribution >= 4 is 35.1 Å². The first-order valence-corrected chi connectivity index (χ1v) is 9.46. The van der Waals surface area contributed by atoms with Crippen LogP contribution in [0.15, 0.2) is 77.9 Å². The van der Waals surface area contributed by atoms with Crippen LogP contribution in [0.2, 0.25) is 5.02 Å². The summed E-state index contributed by atoms with van der Waals surface area (Å²) >= 11 is 12.9. The molecule has 0 fully saturated rings. The standard InChI is InChI=1S/C22H19Cl2NO3/c1-14-12-15(2)19(21(27)28-16-8-4-3-5-9-16)22(24,13-14)25-20(26)17-10-6-7-11-18(17)23/h3-13,19H,1-2H3,(H,25,26). The molecule has 1 aliphatic carbocycles. The number of hydrogen-bond acceptors (Lipinski definition) is 3. The summed E-state index contributed by atoms with van der Waals surface area (Å²) in [6.45, 7) is 3.63. The van der Waals surface area contributed by atoms with Gasteiger partial charge in [-0.25, -0.2) is 0 Å². The Morgan fingerprint density at radius 1 is 1.04 bits per heavy atom. The van der Waals surface area contributed by atoms with Crippen molar-refractivity contribution in [3.63, 3.8) is 0 Å². The summed E-state index contributed by atoms with van der Waals surface area (Å²) in [7, 11) is 0. The second-order valence-corrected chi connectivity index (χ2v) is 7.68. The van der Waals surface area contributed by atoms with Crippen molar-refractivity contribution in [1.29, 1.82) is 0 Å². The minimum atomic E-state index is -1.48. The van der Waals surface area contributed by atoms with Gasteiger partial charge in [0, 0.05) is 0 Å². The van der Waals surface area contributed by atoms with Gasteiger partial charge in [0.1, 0.15) is 11.7 Å². The Balaban J connectivity index is 1.91. The van der Waals surface area contributed by atoms with Gasteiger partial charge in [-0.05, 0) is 44.2 Å². The molecule has 4 nitrogen and oxygen atoms in total. The van der Waals surface area contributed by atoms with E-state index in [1.165, 1.54) is 0 Å². The zero-order valence-electron chi connectivity index (χ0n) is 15.4. The third kappa shape index (κ3) is 4.29. The van der Waals surface area contributed by atoms with Gasteiger partial charge in [-0.15, -0.1) is 0 Å². The minimum Gasteiger partial charge on any atom is -0.426 e. The highest BCUT2D eigenvalue weighted by atomic mass is 35.5. The highest BCUT2D eigenvalue weighted by Crippen LogP contribution is 2.37. The molecule has 0 heterocycles. The van der Waals surface area contributed by atoms with Crippen LogP contribution in [0.25, 0.3) is 0 Å². The summed E-state index contributed by atoms with van der Waals surface area (Å²) in [5.41, 5.74) is 1.80. The first-order chi connectivity index (χ1) is 13.3. The number of nitrogens with one attached hydrogen (secondary N) is 1. The van der Waals surface area contributed by atoms with Crippen molar-refractivity contribution in [3.8, 4) is 5.75 Å². The van der Waals surface area contributed by atoms with Gasteiger partial charge in [0.25, 0.3) is 5.91 Å². The van der Waals surface area contributed by atoms with E-state index in [4.69, 9.17) is 27.9 Å². The van der Waals surface area contributed by atoms with Gasteiger partial charge in [-0.3, -0.25) is 9.59 Å². The van der Waals surface area contributed by atoms with Crippen molar-refractivity contribution in [3.05, 3.63) is 88.5 Å². The summed E-state index contributed by atoms with van der Waals surface area (Å²) in [4.78, 5) is 24.2. The molecule has 0 spiro atoms. The smallest absolute Gasteiger partial charge is 0.322 e. The molecular weight excluding hydrogens is 397 g/mol.